The van der Waals surface area contributed by atoms with Crippen molar-refractivity contribution < 1.29 is 9.18 Å². The maximum atomic E-state index is 14.0. The van der Waals surface area contributed by atoms with Crippen molar-refractivity contribution in [3.8, 4) is 0 Å². The van der Waals surface area contributed by atoms with Crippen molar-refractivity contribution in [2.45, 2.75) is 41.0 Å². The van der Waals surface area contributed by atoms with Gasteiger partial charge in [-0.1, -0.05) is 27.4 Å². The Balaban J connectivity index is 2.26. The van der Waals surface area contributed by atoms with Crippen LogP contribution in [0.5, 0.6) is 0 Å². The lowest BCUT2D eigenvalue weighted by Gasteiger charge is -2.43. The van der Waals surface area contributed by atoms with E-state index in [1.54, 1.807) is 13.0 Å². The number of hydrogen-bond acceptors (Lipinski definition) is 4. The Kier molecular flexibility index (Phi) is 5.04. The number of ketones is 1. The third-order valence-electron chi connectivity index (χ3n) is 5.65. The highest BCUT2D eigenvalue weighted by Gasteiger charge is 2.41. The minimum atomic E-state index is -0.193. The third-order valence-corrected chi connectivity index (χ3v) is 5.65. The summed E-state index contributed by atoms with van der Waals surface area (Å²) in [7, 11) is 0. The first-order chi connectivity index (χ1) is 13.1. The Morgan fingerprint density at radius 3 is 2.61 bits per heavy atom. The van der Waals surface area contributed by atoms with Gasteiger partial charge < -0.3 is 10.2 Å². The Morgan fingerprint density at radius 2 is 2.07 bits per heavy atom. The molecule has 1 N–H and O–H groups in total. The average Bonchev–Trinajstić information content (AvgIpc) is 2.59. The van der Waals surface area contributed by atoms with Crippen LogP contribution >= 0.6 is 0 Å². The number of Topliss-reactive ketones (excluding diaryl/α,β-unsaturated/α-hetero) is 1. The zero-order valence-corrected chi connectivity index (χ0v) is 17.3. The summed E-state index contributed by atoms with van der Waals surface area (Å²) in [4.78, 5) is 18.5. The predicted molar refractivity (Wildman–Crippen MR) is 112 cm³/mol. The van der Waals surface area contributed by atoms with Crippen molar-refractivity contribution >= 4 is 12.5 Å². The van der Waals surface area contributed by atoms with Crippen molar-refractivity contribution in [1.29, 1.82) is 0 Å². The molecule has 1 unspecified atom stereocenters. The first-order valence-corrected chi connectivity index (χ1v) is 9.48. The summed E-state index contributed by atoms with van der Waals surface area (Å²) in [6.07, 6.45) is 5.73. The number of halogens is 1. The fourth-order valence-corrected chi connectivity index (χ4v) is 4.33. The molecule has 0 radical (unpaired) electrons. The lowest BCUT2D eigenvalue weighted by atomic mass is 9.67. The van der Waals surface area contributed by atoms with Crippen molar-refractivity contribution in [3.05, 3.63) is 70.3 Å². The second-order valence-corrected chi connectivity index (χ2v) is 8.61. The quantitative estimate of drug-likeness (QED) is 0.706. The summed E-state index contributed by atoms with van der Waals surface area (Å²) in [6, 6.07) is 0. The SMILES string of the molecule is C=NC1=C(N2C=CC=C(F)C2)CC(C(C)(C)C)C2=C1NC(=C)C(C(C)=O)=C2C. The van der Waals surface area contributed by atoms with Gasteiger partial charge >= 0.3 is 0 Å². The molecule has 0 fully saturated rings. The van der Waals surface area contributed by atoms with Gasteiger partial charge in [0.15, 0.2) is 5.78 Å². The molecule has 28 heavy (non-hydrogen) atoms. The molecule has 4 nitrogen and oxygen atoms in total. The molecule has 0 aromatic rings. The summed E-state index contributed by atoms with van der Waals surface area (Å²) in [6.45, 7) is 18.1. The lowest BCUT2D eigenvalue weighted by molar-refractivity contribution is -0.113. The van der Waals surface area contributed by atoms with Crippen LogP contribution in [-0.4, -0.2) is 23.9 Å². The molecule has 1 atom stereocenters. The van der Waals surface area contributed by atoms with E-state index < -0.39 is 0 Å². The van der Waals surface area contributed by atoms with E-state index in [1.165, 1.54) is 6.08 Å². The van der Waals surface area contributed by atoms with E-state index >= 15 is 0 Å². The third kappa shape index (κ3) is 3.30. The molecule has 2 aliphatic heterocycles. The van der Waals surface area contributed by atoms with Crippen molar-refractivity contribution in [2.75, 3.05) is 6.54 Å². The molecule has 0 bridgehead atoms. The molecule has 3 rings (SSSR count). The van der Waals surface area contributed by atoms with Crippen LogP contribution in [0.25, 0.3) is 0 Å². The zero-order valence-electron chi connectivity index (χ0n) is 17.3. The lowest BCUT2D eigenvalue weighted by Crippen LogP contribution is -2.38. The molecule has 0 spiro atoms. The molecular weight excluding hydrogens is 353 g/mol. The normalized spacial score (nSPS) is 22.9. The molecule has 5 heteroatoms. The smallest absolute Gasteiger partial charge is 0.162 e. The van der Waals surface area contributed by atoms with Gasteiger partial charge in [-0.2, -0.15) is 0 Å². The van der Waals surface area contributed by atoms with E-state index in [9.17, 15) is 9.18 Å². The van der Waals surface area contributed by atoms with E-state index in [2.05, 4.69) is 44.4 Å². The molecule has 0 saturated carbocycles. The van der Waals surface area contributed by atoms with E-state index in [0.29, 0.717) is 23.4 Å². The number of nitrogens with zero attached hydrogens (tertiary/aromatic N) is 2. The van der Waals surface area contributed by atoms with E-state index in [1.807, 2.05) is 18.0 Å². The van der Waals surface area contributed by atoms with Gasteiger partial charge in [-0.25, -0.2) is 4.39 Å². The van der Waals surface area contributed by atoms with Gasteiger partial charge in [0.1, 0.15) is 11.5 Å². The molecule has 1 aliphatic carbocycles. The van der Waals surface area contributed by atoms with Crippen LogP contribution in [0.2, 0.25) is 0 Å². The standard InChI is InChI=1S/C23H28FN3O/c1-13-19(15(3)28)14(2)26-22-20(13)17(23(4,5)6)11-18(21(22)25-7)27-10-8-9-16(24)12-27/h8-10,17,26H,2,7,11-12H2,1,3-6H3. The van der Waals surface area contributed by atoms with Crippen molar-refractivity contribution in [1.82, 2.24) is 10.2 Å². The summed E-state index contributed by atoms with van der Waals surface area (Å²) >= 11 is 0. The van der Waals surface area contributed by atoms with Gasteiger partial charge in [0, 0.05) is 23.2 Å². The summed E-state index contributed by atoms with van der Waals surface area (Å²) in [5, 5.41) is 3.32. The van der Waals surface area contributed by atoms with Gasteiger partial charge in [0.25, 0.3) is 0 Å². The topological polar surface area (TPSA) is 44.7 Å². The molecule has 0 saturated heterocycles. The van der Waals surface area contributed by atoms with Crippen LogP contribution in [0, 0.1) is 11.3 Å². The first kappa shape index (κ1) is 20.1. The highest BCUT2D eigenvalue weighted by Crippen LogP contribution is 2.49. The van der Waals surface area contributed by atoms with Crippen LogP contribution in [0.3, 0.4) is 0 Å². The second-order valence-electron chi connectivity index (χ2n) is 8.61. The van der Waals surface area contributed by atoms with Gasteiger partial charge in [-0.05, 0) is 61.6 Å². The second kappa shape index (κ2) is 7.04. The number of allylic oxidation sites excluding steroid dienone is 6. The van der Waals surface area contributed by atoms with Gasteiger partial charge in [-0.15, -0.1) is 0 Å². The molecule has 148 valence electrons. The number of dihydropyridines is 1. The predicted octanol–water partition coefficient (Wildman–Crippen LogP) is 4.92. The summed E-state index contributed by atoms with van der Waals surface area (Å²) in [5.74, 6) is -0.0787. The van der Waals surface area contributed by atoms with Crippen LogP contribution in [0.1, 0.15) is 41.0 Å². The molecule has 3 aliphatic rings. The molecular formula is C23H28FN3O. The summed E-state index contributed by atoms with van der Waals surface area (Å²) < 4.78 is 14.0. The Hall–Kier alpha value is -2.69. The Morgan fingerprint density at radius 1 is 1.39 bits per heavy atom. The van der Waals surface area contributed by atoms with Gasteiger partial charge in [0.05, 0.1) is 12.2 Å². The molecule has 2 heterocycles. The van der Waals surface area contributed by atoms with E-state index in [0.717, 1.165) is 22.5 Å². The minimum Gasteiger partial charge on any atom is -0.353 e. The average molecular weight is 381 g/mol. The maximum absolute atomic E-state index is 14.0. The fraction of sp³-hybridized carbons (Fsp3) is 0.391. The number of hydrogen-bond donors (Lipinski definition) is 1. The molecule has 0 aromatic heterocycles. The summed E-state index contributed by atoms with van der Waals surface area (Å²) in [5.41, 5.74) is 5.58. The van der Waals surface area contributed by atoms with Gasteiger partial charge in [-0.3, -0.25) is 9.79 Å². The van der Waals surface area contributed by atoms with Crippen molar-refractivity contribution in [3.63, 3.8) is 0 Å². The highest BCUT2D eigenvalue weighted by atomic mass is 19.1. The number of rotatable bonds is 3. The van der Waals surface area contributed by atoms with Crippen LogP contribution in [0.4, 0.5) is 4.39 Å². The zero-order chi connectivity index (χ0) is 20.8. The van der Waals surface area contributed by atoms with Crippen LogP contribution in [0.15, 0.2) is 75.3 Å². The molecule has 0 aromatic carbocycles. The van der Waals surface area contributed by atoms with Crippen molar-refractivity contribution in [2.24, 2.45) is 16.3 Å². The molecule has 0 amide bonds. The van der Waals surface area contributed by atoms with E-state index in [-0.39, 0.29) is 29.5 Å². The Bertz CT molecular complexity index is 922. The number of aliphatic imine (C=N–C) groups is 1. The van der Waals surface area contributed by atoms with Crippen LogP contribution in [-0.2, 0) is 4.79 Å². The number of carbonyl (C=O) groups excluding carboxylic acids is 1. The van der Waals surface area contributed by atoms with E-state index in [4.69, 9.17) is 0 Å². The highest BCUT2D eigenvalue weighted by molar-refractivity contribution is 5.99. The maximum Gasteiger partial charge on any atom is 0.162 e. The largest absolute Gasteiger partial charge is 0.353 e. The first-order valence-electron chi connectivity index (χ1n) is 9.48. The van der Waals surface area contributed by atoms with Gasteiger partial charge in [0.2, 0.25) is 0 Å². The number of carbonyl (C=O) groups is 1. The fourth-order valence-electron chi connectivity index (χ4n) is 4.33. The monoisotopic (exact) mass is 381 g/mol. The minimum absolute atomic E-state index is 0.0109. The Labute approximate surface area is 166 Å². The van der Waals surface area contributed by atoms with Crippen LogP contribution < -0.4 is 5.32 Å². The number of nitrogens with one attached hydrogen (secondary N) is 1.